The van der Waals surface area contributed by atoms with E-state index >= 15 is 0 Å². The van der Waals surface area contributed by atoms with Crippen LogP contribution in [0.1, 0.15) is 25.7 Å². The van der Waals surface area contributed by atoms with Crippen molar-refractivity contribution < 1.29 is 9.90 Å². The van der Waals surface area contributed by atoms with Gasteiger partial charge in [0.1, 0.15) is 0 Å². The molecule has 0 bridgehead atoms. The third-order valence-electron chi connectivity index (χ3n) is 3.80. The molecule has 2 amide bonds. The van der Waals surface area contributed by atoms with Gasteiger partial charge in [0, 0.05) is 17.0 Å². The second-order valence-electron chi connectivity index (χ2n) is 5.30. The van der Waals surface area contributed by atoms with Gasteiger partial charge in [0.15, 0.2) is 0 Å². The molecule has 4 nitrogen and oxygen atoms in total. The average Bonchev–Trinajstić information content (AvgIpc) is 2.90. The Labute approximate surface area is 128 Å². The highest BCUT2D eigenvalue weighted by atomic mass is 35.5. The fraction of sp³-hybridized carbons (Fsp3) is 0.500. The first-order valence-corrected chi connectivity index (χ1v) is 7.41. The number of hydrogen-bond acceptors (Lipinski definition) is 2. The Morgan fingerprint density at radius 3 is 2.65 bits per heavy atom. The van der Waals surface area contributed by atoms with E-state index in [1.807, 2.05) is 0 Å². The molecule has 0 saturated heterocycles. The molecule has 3 N–H and O–H groups in total. The van der Waals surface area contributed by atoms with Crippen LogP contribution in [0, 0.1) is 5.41 Å². The molecule has 1 saturated carbocycles. The molecule has 0 radical (unpaired) electrons. The lowest BCUT2D eigenvalue weighted by Gasteiger charge is -2.26. The molecule has 0 unspecified atom stereocenters. The Morgan fingerprint density at radius 1 is 1.30 bits per heavy atom. The van der Waals surface area contributed by atoms with Crippen LogP contribution in [-0.2, 0) is 0 Å². The van der Waals surface area contributed by atoms with Crippen LogP contribution >= 0.6 is 23.2 Å². The van der Waals surface area contributed by atoms with Crippen molar-refractivity contribution in [2.45, 2.75) is 25.7 Å². The van der Waals surface area contributed by atoms with E-state index in [4.69, 9.17) is 23.2 Å². The van der Waals surface area contributed by atoms with Gasteiger partial charge in [-0.25, -0.2) is 4.79 Å². The van der Waals surface area contributed by atoms with Gasteiger partial charge in [0.2, 0.25) is 0 Å². The number of hydrogen-bond donors (Lipinski definition) is 3. The molecule has 1 aliphatic carbocycles. The number of benzene rings is 1. The molecule has 1 fully saturated rings. The van der Waals surface area contributed by atoms with E-state index in [0.717, 1.165) is 25.7 Å². The molecule has 0 aliphatic heterocycles. The summed E-state index contributed by atoms with van der Waals surface area (Å²) in [6.45, 7) is 0.568. The highest BCUT2D eigenvalue weighted by Crippen LogP contribution is 2.36. The average molecular weight is 317 g/mol. The third-order valence-corrected chi connectivity index (χ3v) is 4.36. The molecule has 6 heteroatoms. The monoisotopic (exact) mass is 316 g/mol. The second kappa shape index (κ2) is 6.66. The van der Waals surface area contributed by atoms with Gasteiger partial charge in [0.05, 0.1) is 17.3 Å². The minimum absolute atomic E-state index is 0.102. The molecule has 20 heavy (non-hydrogen) atoms. The maximum atomic E-state index is 11.9. The summed E-state index contributed by atoms with van der Waals surface area (Å²) in [5.74, 6) is 0. The van der Waals surface area contributed by atoms with Crippen molar-refractivity contribution in [1.82, 2.24) is 5.32 Å². The van der Waals surface area contributed by atoms with Crippen molar-refractivity contribution in [1.29, 1.82) is 0 Å². The first kappa shape index (κ1) is 15.4. The summed E-state index contributed by atoms with van der Waals surface area (Å²) in [6.07, 6.45) is 4.09. The number of amides is 2. The van der Waals surface area contributed by atoms with Crippen molar-refractivity contribution >= 4 is 34.9 Å². The summed E-state index contributed by atoms with van der Waals surface area (Å²) in [6, 6.07) is 4.55. The van der Waals surface area contributed by atoms with Gasteiger partial charge in [-0.05, 0) is 31.0 Å². The summed E-state index contributed by atoms with van der Waals surface area (Å²) >= 11 is 11.8. The fourth-order valence-corrected chi connectivity index (χ4v) is 2.88. The molecule has 0 spiro atoms. The van der Waals surface area contributed by atoms with Gasteiger partial charge in [0.25, 0.3) is 0 Å². The van der Waals surface area contributed by atoms with Crippen LogP contribution in [-0.4, -0.2) is 24.3 Å². The van der Waals surface area contributed by atoms with Crippen LogP contribution in [0.2, 0.25) is 10.0 Å². The van der Waals surface area contributed by atoms with E-state index in [-0.39, 0.29) is 18.1 Å². The van der Waals surface area contributed by atoms with Gasteiger partial charge in [-0.15, -0.1) is 0 Å². The van der Waals surface area contributed by atoms with E-state index in [0.29, 0.717) is 22.3 Å². The molecule has 2 rings (SSSR count). The second-order valence-corrected chi connectivity index (χ2v) is 6.14. The molecule has 1 aromatic rings. The normalized spacial score (nSPS) is 16.9. The topological polar surface area (TPSA) is 61.4 Å². The van der Waals surface area contributed by atoms with E-state index in [2.05, 4.69) is 10.6 Å². The van der Waals surface area contributed by atoms with E-state index < -0.39 is 0 Å². The number of aliphatic hydroxyl groups excluding tert-OH is 1. The molecule has 110 valence electrons. The zero-order valence-corrected chi connectivity index (χ0v) is 12.6. The number of carbonyl (C=O) groups is 1. The summed E-state index contributed by atoms with van der Waals surface area (Å²) in [7, 11) is 0. The van der Waals surface area contributed by atoms with Crippen LogP contribution in [0.3, 0.4) is 0 Å². The van der Waals surface area contributed by atoms with Gasteiger partial charge in [-0.3, -0.25) is 0 Å². The number of halogens is 2. The summed E-state index contributed by atoms with van der Waals surface area (Å²) in [4.78, 5) is 11.9. The quantitative estimate of drug-likeness (QED) is 0.793. The molecule has 0 heterocycles. The lowest BCUT2D eigenvalue weighted by Crippen LogP contribution is -2.40. The molecular weight excluding hydrogens is 299 g/mol. The fourth-order valence-electron chi connectivity index (χ4n) is 2.54. The van der Waals surface area contributed by atoms with Crippen molar-refractivity contribution in [2.24, 2.45) is 5.41 Å². The highest BCUT2D eigenvalue weighted by molar-refractivity contribution is 6.35. The minimum atomic E-state index is -0.339. The maximum Gasteiger partial charge on any atom is 0.319 e. The number of nitrogens with one attached hydrogen (secondary N) is 2. The van der Waals surface area contributed by atoms with Crippen molar-refractivity contribution in [3.63, 3.8) is 0 Å². The van der Waals surface area contributed by atoms with Crippen molar-refractivity contribution in [2.75, 3.05) is 18.5 Å². The first-order valence-electron chi connectivity index (χ1n) is 6.65. The Bertz CT molecular complexity index is 488. The third kappa shape index (κ3) is 3.78. The zero-order valence-electron chi connectivity index (χ0n) is 11.1. The Balaban J connectivity index is 1.91. The van der Waals surface area contributed by atoms with Crippen molar-refractivity contribution in [3.05, 3.63) is 28.2 Å². The van der Waals surface area contributed by atoms with E-state index in [1.165, 1.54) is 0 Å². The van der Waals surface area contributed by atoms with E-state index in [1.54, 1.807) is 18.2 Å². The molecule has 0 atom stereocenters. The molecule has 1 aromatic carbocycles. The maximum absolute atomic E-state index is 11.9. The van der Waals surface area contributed by atoms with Crippen LogP contribution in [0.25, 0.3) is 0 Å². The number of urea groups is 1. The lowest BCUT2D eigenvalue weighted by atomic mass is 9.87. The van der Waals surface area contributed by atoms with Crippen molar-refractivity contribution in [3.8, 4) is 0 Å². The minimum Gasteiger partial charge on any atom is -0.396 e. The summed E-state index contributed by atoms with van der Waals surface area (Å²) < 4.78 is 0. The van der Waals surface area contributed by atoms with Gasteiger partial charge < -0.3 is 15.7 Å². The number of anilines is 1. The van der Waals surface area contributed by atoms with Gasteiger partial charge in [-0.1, -0.05) is 36.0 Å². The predicted molar refractivity (Wildman–Crippen MR) is 81.5 cm³/mol. The predicted octanol–water partition coefficient (Wildman–Crippen LogP) is 3.67. The molecule has 1 aliphatic rings. The van der Waals surface area contributed by atoms with Crippen LogP contribution in [0.5, 0.6) is 0 Å². The Hall–Kier alpha value is -0.970. The first-order chi connectivity index (χ1) is 9.54. The summed E-state index contributed by atoms with van der Waals surface area (Å²) in [5.41, 5.74) is 0.302. The Morgan fingerprint density at radius 2 is 2.00 bits per heavy atom. The molecule has 0 aromatic heterocycles. The summed E-state index contributed by atoms with van der Waals surface area (Å²) in [5, 5.41) is 15.9. The van der Waals surface area contributed by atoms with Gasteiger partial charge in [-0.2, -0.15) is 0 Å². The largest absolute Gasteiger partial charge is 0.396 e. The smallest absolute Gasteiger partial charge is 0.319 e. The standard InChI is InChI=1S/C14H18Cl2N2O2/c15-10-3-4-11(16)12(7-10)18-13(20)17-8-14(9-19)5-1-2-6-14/h3-4,7,19H,1-2,5-6,8-9H2,(H2,17,18,20). The number of rotatable bonds is 4. The highest BCUT2D eigenvalue weighted by Gasteiger charge is 2.33. The lowest BCUT2D eigenvalue weighted by molar-refractivity contribution is 0.130. The van der Waals surface area contributed by atoms with Gasteiger partial charge >= 0.3 is 6.03 Å². The van der Waals surface area contributed by atoms with E-state index in [9.17, 15) is 9.90 Å². The SMILES string of the molecule is O=C(NCC1(CO)CCCC1)Nc1cc(Cl)ccc1Cl. The molecular formula is C14H18Cl2N2O2. The zero-order chi connectivity index (χ0) is 14.6. The number of carbonyl (C=O) groups excluding carboxylic acids is 1. The number of aliphatic hydroxyl groups is 1. The van der Waals surface area contributed by atoms with Crippen LogP contribution in [0.15, 0.2) is 18.2 Å². The Kier molecular flexibility index (Phi) is 5.13. The van der Waals surface area contributed by atoms with Crippen LogP contribution < -0.4 is 10.6 Å². The van der Waals surface area contributed by atoms with Crippen LogP contribution in [0.4, 0.5) is 10.5 Å².